The van der Waals surface area contributed by atoms with Crippen molar-refractivity contribution < 1.29 is 31.5 Å². The molecule has 1 saturated heterocycles. The monoisotopic (exact) mass is 337 g/mol. The summed E-state index contributed by atoms with van der Waals surface area (Å²) in [7, 11) is -4.00. The van der Waals surface area contributed by atoms with Gasteiger partial charge in [-0.2, -0.15) is 13.2 Å². The number of carboxylic acids is 1. The lowest BCUT2D eigenvalue weighted by atomic mass is 9.96. The Morgan fingerprint density at radius 1 is 1.23 bits per heavy atom. The van der Waals surface area contributed by atoms with Gasteiger partial charge in [-0.15, -0.1) is 0 Å². The molecule has 1 N–H and O–H groups in total. The van der Waals surface area contributed by atoms with E-state index in [4.69, 9.17) is 5.11 Å². The maximum absolute atomic E-state index is 12.9. The van der Waals surface area contributed by atoms with E-state index in [9.17, 15) is 26.4 Å². The van der Waals surface area contributed by atoms with Gasteiger partial charge in [-0.1, -0.05) is 30.3 Å². The summed E-state index contributed by atoms with van der Waals surface area (Å²) in [4.78, 5) is 11.0. The summed E-state index contributed by atoms with van der Waals surface area (Å²) in [5, 5.41) is 8.90. The largest absolute Gasteiger partial charge is 0.481 e. The number of carbonyl (C=O) groups is 1. The molecule has 1 aliphatic heterocycles. The van der Waals surface area contributed by atoms with Crippen molar-refractivity contribution in [2.24, 2.45) is 11.8 Å². The highest BCUT2D eigenvalue weighted by atomic mass is 32.2. The van der Waals surface area contributed by atoms with Gasteiger partial charge < -0.3 is 5.11 Å². The number of sulfonamides is 1. The molecule has 9 heteroatoms. The summed E-state index contributed by atoms with van der Waals surface area (Å²) >= 11 is 0. The first kappa shape index (κ1) is 16.8. The minimum atomic E-state index is -4.75. The molecular weight excluding hydrogens is 323 g/mol. The molecule has 1 heterocycles. The van der Waals surface area contributed by atoms with E-state index < -0.39 is 52.8 Å². The zero-order valence-corrected chi connectivity index (χ0v) is 12.1. The molecule has 2 atom stereocenters. The minimum absolute atomic E-state index is 0.435. The quantitative estimate of drug-likeness (QED) is 0.908. The molecule has 1 aliphatic rings. The second-order valence-electron chi connectivity index (χ2n) is 5.15. The number of benzene rings is 1. The highest BCUT2D eigenvalue weighted by Gasteiger charge is 2.54. The lowest BCUT2D eigenvalue weighted by Crippen LogP contribution is -2.34. The van der Waals surface area contributed by atoms with Gasteiger partial charge in [0.1, 0.15) is 0 Å². The van der Waals surface area contributed by atoms with Gasteiger partial charge >= 0.3 is 12.1 Å². The van der Waals surface area contributed by atoms with Crippen molar-refractivity contribution in [3.05, 3.63) is 35.9 Å². The molecule has 5 nitrogen and oxygen atoms in total. The van der Waals surface area contributed by atoms with Crippen LogP contribution in [0.25, 0.3) is 0 Å². The Labute approximate surface area is 125 Å². The van der Waals surface area contributed by atoms with E-state index in [0.29, 0.717) is 9.87 Å². The van der Waals surface area contributed by atoms with E-state index in [0.717, 1.165) is 0 Å². The van der Waals surface area contributed by atoms with E-state index in [1.54, 1.807) is 30.3 Å². The van der Waals surface area contributed by atoms with E-state index in [1.807, 2.05) is 0 Å². The van der Waals surface area contributed by atoms with Crippen LogP contribution in [0.3, 0.4) is 0 Å². The van der Waals surface area contributed by atoms with E-state index in [2.05, 4.69) is 0 Å². The van der Waals surface area contributed by atoms with E-state index in [-0.39, 0.29) is 0 Å². The number of aliphatic carboxylic acids is 1. The van der Waals surface area contributed by atoms with Crippen LogP contribution in [0.1, 0.15) is 5.56 Å². The Morgan fingerprint density at radius 3 is 2.27 bits per heavy atom. The van der Waals surface area contributed by atoms with Crippen molar-refractivity contribution in [3.8, 4) is 0 Å². The van der Waals surface area contributed by atoms with Crippen LogP contribution in [-0.4, -0.2) is 43.1 Å². The second-order valence-corrected chi connectivity index (χ2v) is 7.12. The molecule has 1 aromatic rings. The summed E-state index contributed by atoms with van der Waals surface area (Å²) in [5.41, 5.74) is 0.435. The van der Waals surface area contributed by atoms with Crippen molar-refractivity contribution >= 4 is 16.0 Å². The lowest BCUT2D eigenvalue weighted by Gasteiger charge is -2.18. The van der Waals surface area contributed by atoms with E-state index >= 15 is 0 Å². The molecular formula is C13H14F3NO4S. The first-order valence-corrected chi connectivity index (χ1v) is 8.03. The van der Waals surface area contributed by atoms with Crippen molar-refractivity contribution in [1.29, 1.82) is 0 Å². The van der Waals surface area contributed by atoms with Gasteiger partial charge in [0, 0.05) is 13.1 Å². The lowest BCUT2D eigenvalue weighted by molar-refractivity contribution is -0.187. The molecule has 2 rings (SSSR count). The SMILES string of the molecule is O=C(O)[C@@H]1CN(S(=O)(=O)Cc2ccccc2)C[C@H]1C(F)(F)F. The first-order valence-electron chi connectivity index (χ1n) is 6.42. The third kappa shape index (κ3) is 3.58. The van der Waals surface area contributed by atoms with Gasteiger partial charge in [-0.3, -0.25) is 4.79 Å². The standard InChI is InChI=1S/C13H14F3NO4S/c14-13(15,16)11-7-17(6-10(11)12(18)19)22(20,21)8-9-4-2-1-3-5-9/h1-5,10-11H,6-8H2,(H,18,19)/t10-,11-/m1/s1. The third-order valence-corrected chi connectivity index (χ3v) is 5.39. The second kappa shape index (κ2) is 5.88. The maximum Gasteiger partial charge on any atom is 0.393 e. The van der Waals surface area contributed by atoms with Gasteiger partial charge in [-0.25, -0.2) is 12.7 Å². The van der Waals surface area contributed by atoms with Crippen molar-refractivity contribution in [2.75, 3.05) is 13.1 Å². The Balaban J connectivity index is 2.21. The fourth-order valence-corrected chi connectivity index (χ4v) is 4.02. The van der Waals surface area contributed by atoms with Crippen LogP contribution >= 0.6 is 0 Å². The number of rotatable bonds is 4. The van der Waals surface area contributed by atoms with Gasteiger partial charge in [0.25, 0.3) is 0 Å². The number of hydrogen-bond acceptors (Lipinski definition) is 3. The van der Waals surface area contributed by atoms with Gasteiger partial charge in [0.05, 0.1) is 17.6 Å². The number of alkyl halides is 3. The number of hydrogen-bond donors (Lipinski definition) is 1. The summed E-state index contributed by atoms with van der Waals surface area (Å²) in [6.45, 7) is -1.51. The fraction of sp³-hybridized carbons (Fsp3) is 0.462. The summed E-state index contributed by atoms with van der Waals surface area (Å²) in [5.74, 6) is -6.05. The zero-order valence-electron chi connectivity index (χ0n) is 11.3. The van der Waals surface area contributed by atoms with Crippen LogP contribution in [0, 0.1) is 11.8 Å². The fourth-order valence-electron chi connectivity index (χ4n) is 2.45. The predicted molar refractivity (Wildman–Crippen MR) is 71.3 cm³/mol. The van der Waals surface area contributed by atoms with Crippen LogP contribution in [-0.2, 0) is 20.6 Å². The zero-order chi connectivity index (χ0) is 16.5. The molecule has 22 heavy (non-hydrogen) atoms. The highest BCUT2D eigenvalue weighted by Crippen LogP contribution is 2.39. The van der Waals surface area contributed by atoms with Crippen molar-refractivity contribution in [3.63, 3.8) is 0 Å². The molecule has 0 aromatic heterocycles. The van der Waals surface area contributed by atoms with Gasteiger partial charge in [0.2, 0.25) is 10.0 Å². The summed E-state index contributed by atoms with van der Waals surface area (Å²) in [6.07, 6.45) is -4.75. The molecule has 0 radical (unpaired) electrons. The minimum Gasteiger partial charge on any atom is -0.481 e. The number of carboxylic acid groups (broad SMARTS) is 1. The molecule has 0 saturated carbocycles. The Hall–Kier alpha value is -1.61. The van der Waals surface area contributed by atoms with Crippen LogP contribution in [0.4, 0.5) is 13.2 Å². The topological polar surface area (TPSA) is 74.7 Å². The number of halogens is 3. The molecule has 1 fully saturated rings. The molecule has 1 aromatic carbocycles. The summed E-state index contributed by atoms with van der Waals surface area (Å²) in [6, 6.07) is 8.01. The van der Waals surface area contributed by atoms with Crippen molar-refractivity contribution in [2.45, 2.75) is 11.9 Å². The molecule has 122 valence electrons. The predicted octanol–water partition coefficient (Wildman–Crippen LogP) is 1.71. The third-order valence-electron chi connectivity index (χ3n) is 3.61. The Kier molecular flexibility index (Phi) is 4.48. The normalized spacial score (nSPS) is 23.6. The van der Waals surface area contributed by atoms with Crippen LogP contribution in [0.2, 0.25) is 0 Å². The van der Waals surface area contributed by atoms with Crippen LogP contribution in [0.5, 0.6) is 0 Å². The maximum atomic E-state index is 12.9. The molecule has 0 aliphatic carbocycles. The van der Waals surface area contributed by atoms with Crippen LogP contribution < -0.4 is 0 Å². The molecule has 0 amide bonds. The van der Waals surface area contributed by atoms with Crippen molar-refractivity contribution in [1.82, 2.24) is 4.31 Å². The average molecular weight is 337 g/mol. The average Bonchev–Trinajstić information content (AvgIpc) is 2.85. The van der Waals surface area contributed by atoms with Crippen LogP contribution in [0.15, 0.2) is 30.3 Å². The van der Waals surface area contributed by atoms with E-state index in [1.165, 1.54) is 0 Å². The Bertz CT molecular complexity index is 645. The number of nitrogens with zero attached hydrogens (tertiary/aromatic N) is 1. The first-order chi connectivity index (χ1) is 10.1. The summed E-state index contributed by atoms with van der Waals surface area (Å²) < 4.78 is 63.7. The molecule has 0 spiro atoms. The van der Waals surface area contributed by atoms with Gasteiger partial charge in [0.15, 0.2) is 0 Å². The smallest absolute Gasteiger partial charge is 0.393 e. The molecule has 0 unspecified atom stereocenters. The Morgan fingerprint density at radius 2 is 1.82 bits per heavy atom. The van der Waals surface area contributed by atoms with Gasteiger partial charge in [-0.05, 0) is 5.56 Å². The molecule has 0 bridgehead atoms. The highest BCUT2D eigenvalue weighted by molar-refractivity contribution is 7.88.